The minimum absolute atomic E-state index is 0.0436. The number of carbonyl (C=O) groups excluding carboxylic acids is 1. The molecule has 5 nitrogen and oxygen atoms in total. The van der Waals surface area contributed by atoms with Crippen LogP contribution in [0.15, 0.2) is 79.0 Å². The van der Waals surface area contributed by atoms with Crippen molar-refractivity contribution in [3.63, 3.8) is 0 Å². The van der Waals surface area contributed by atoms with Gasteiger partial charge in [-0.05, 0) is 29.8 Å². The Labute approximate surface area is 146 Å². The second kappa shape index (κ2) is 8.49. The van der Waals surface area contributed by atoms with Gasteiger partial charge in [0.1, 0.15) is 11.6 Å². The fourth-order valence-corrected chi connectivity index (χ4v) is 2.22. The number of nitrogens with zero attached hydrogens (tertiary/aromatic N) is 1. The number of ether oxygens (including phenoxy) is 1. The first kappa shape index (κ1) is 16.5. The number of hydrogen-bond acceptors (Lipinski definition) is 4. The highest BCUT2D eigenvalue weighted by atomic mass is 16.5. The highest BCUT2D eigenvalue weighted by molar-refractivity contribution is 5.91. The monoisotopic (exact) mass is 333 g/mol. The van der Waals surface area contributed by atoms with Gasteiger partial charge in [0.05, 0.1) is 11.9 Å². The van der Waals surface area contributed by atoms with Crippen LogP contribution in [0.5, 0.6) is 5.75 Å². The zero-order valence-corrected chi connectivity index (χ0v) is 13.7. The minimum Gasteiger partial charge on any atom is -0.484 e. The smallest absolute Gasteiger partial charge is 0.262 e. The summed E-state index contributed by atoms with van der Waals surface area (Å²) >= 11 is 0. The Morgan fingerprint density at radius 3 is 2.32 bits per heavy atom. The van der Waals surface area contributed by atoms with Crippen LogP contribution < -0.4 is 15.4 Å². The summed E-state index contributed by atoms with van der Waals surface area (Å²) in [7, 11) is 0. The first-order chi connectivity index (χ1) is 12.3. The van der Waals surface area contributed by atoms with Crippen molar-refractivity contribution in [2.24, 2.45) is 0 Å². The molecule has 2 aromatic carbocycles. The fourth-order valence-electron chi connectivity index (χ4n) is 2.22. The topological polar surface area (TPSA) is 63.2 Å². The molecule has 3 rings (SSSR count). The van der Waals surface area contributed by atoms with Crippen LogP contribution in [0.25, 0.3) is 0 Å². The third-order valence-electron chi connectivity index (χ3n) is 3.48. The fraction of sp³-hybridized carbons (Fsp3) is 0.100. The lowest BCUT2D eigenvalue weighted by atomic mass is 10.2. The van der Waals surface area contributed by atoms with Gasteiger partial charge in [-0.25, -0.2) is 4.98 Å². The average molecular weight is 333 g/mol. The number of carbonyl (C=O) groups is 1. The molecule has 126 valence electrons. The third-order valence-corrected chi connectivity index (χ3v) is 3.48. The molecule has 0 spiro atoms. The van der Waals surface area contributed by atoms with Gasteiger partial charge in [-0.15, -0.1) is 0 Å². The van der Waals surface area contributed by atoms with Crippen molar-refractivity contribution in [1.29, 1.82) is 0 Å². The number of amides is 1. The van der Waals surface area contributed by atoms with E-state index >= 15 is 0 Å². The van der Waals surface area contributed by atoms with Gasteiger partial charge in [-0.1, -0.05) is 48.5 Å². The van der Waals surface area contributed by atoms with E-state index in [4.69, 9.17) is 4.74 Å². The molecule has 0 saturated heterocycles. The number of para-hydroxylation sites is 1. The summed E-state index contributed by atoms with van der Waals surface area (Å²) in [6, 6.07) is 23.0. The molecule has 1 amide bonds. The molecule has 0 aliphatic rings. The lowest BCUT2D eigenvalue weighted by Gasteiger charge is -2.09. The van der Waals surface area contributed by atoms with Crippen LogP contribution in [0, 0.1) is 0 Å². The summed E-state index contributed by atoms with van der Waals surface area (Å²) in [5.74, 6) is 1.19. The number of hydrogen-bond donors (Lipinski definition) is 2. The summed E-state index contributed by atoms with van der Waals surface area (Å²) in [5.41, 5.74) is 1.81. The van der Waals surface area contributed by atoms with Crippen LogP contribution >= 0.6 is 0 Å². The molecular weight excluding hydrogens is 314 g/mol. The van der Waals surface area contributed by atoms with Gasteiger partial charge in [0.2, 0.25) is 0 Å². The highest BCUT2D eigenvalue weighted by Crippen LogP contribution is 2.12. The van der Waals surface area contributed by atoms with Crippen LogP contribution in [0.3, 0.4) is 0 Å². The summed E-state index contributed by atoms with van der Waals surface area (Å²) in [5, 5.41) is 6.00. The van der Waals surface area contributed by atoms with Gasteiger partial charge in [-0.2, -0.15) is 0 Å². The predicted octanol–water partition coefficient (Wildman–Crippen LogP) is 3.71. The van der Waals surface area contributed by atoms with Crippen LogP contribution in [0.4, 0.5) is 11.5 Å². The lowest BCUT2D eigenvalue weighted by Crippen LogP contribution is -2.20. The van der Waals surface area contributed by atoms with E-state index in [1.807, 2.05) is 66.7 Å². The van der Waals surface area contributed by atoms with Crippen LogP contribution in [0.1, 0.15) is 5.56 Å². The third kappa shape index (κ3) is 5.35. The Hall–Kier alpha value is -3.34. The molecule has 0 unspecified atom stereocenters. The van der Waals surface area contributed by atoms with E-state index in [1.54, 1.807) is 12.3 Å². The van der Waals surface area contributed by atoms with Crippen molar-refractivity contribution >= 4 is 17.4 Å². The maximum Gasteiger partial charge on any atom is 0.262 e. The Kier molecular flexibility index (Phi) is 5.61. The molecule has 5 heteroatoms. The van der Waals surface area contributed by atoms with Crippen LogP contribution in [0.2, 0.25) is 0 Å². The molecule has 1 aromatic heterocycles. The Morgan fingerprint density at radius 1 is 0.920 bits per heavy atom. The molecule has 0 aliphatic heterocycles. The first-order valence-corrected chi connectivity index (χ1v) is 8.01. The molecule has 0 aliphatic carbocycles. The van der Waals surface area contributed by atoms with Crippen molar-refractivity contribution in [2.45, 2.75) is 6.54 Å². The molecule has 1 heterocycles. The van der Waals surface area contributed by atoms with Gasteiger partial charge >= 0.3 is 0 Å². The number of pyridine rings is 1. The van der Waals surface area contributed by atoms with E-state index in [9.17, 15) is 4.79 Å². The normalized spacial score (nSPS) is 10.1. The predicted molar refractivity (Wildman–Crippen MR) is 98.6 cm³/mol. The molecule has 3 aromatic rings. The number of rotatable bonds is 7. The van der Waals surface area contributed by atoms with E-state index in [0.29, 0.717) is 18.0 Å². The number of aromatic nitrogens is 1. The number of benzene rings is 2. The molecule has 25 heavy (non-hydrogen) atoms. The second-order valence-corrected chi connectivity index (χ2v) is 5.42. The summed E-state index contributed by atoms with van der Waals surface area (Å²) < 4.78 is 5.41. The van der Waals surface area contributed by atoms with E-state index in [-0.39, 0.29) is 12.5 Å². The van der Waals surface area contributed by atoms with Crippen molar-refractivity contribution in [3.05, 3.63) is 84.6 Å². The Bertz CT molecular complexity index is 790. The molecular formula is C20H19N3O2. The number of anilines is 2. The van der Waals surface area contributed by atoms with Gasteiger partial charge in [0.15, 0.2) is 6.61 Å². The number of nitrogens with one attached hydrogen (secondary N) is 2. The summed E-state index contributed by atoms with van der Waals surface area (Å²) in [6.45, 7) is 0.655. The van der Waals surface area contributed by atoms with Gasteiger partial charge in [0.25, 0.3) is 5.91 Å². The molecule has 0 radical (unpaired) electrons. The van der Waals surface area contributed by atoms with Crippen LogP contribution in [-0.2, 0) is 11.3 Å². The first-order valence-electron chi connectivity index (χ1n) is 8.01. The largest absolute Gasteiger partial charge is 0.484 e. The maximum absolute atomic E-state index is 11.9. The maximum atomic E-state index is 11.9. The summed E-state index contributed by atoms with van der Waals surface area (Å²) in [4.78, 5) is 16.2. The lowest BCUT2D eigenvalue weighted by molar-refractivity contribution is -0.118. The van der Waals surface area contributed by atoms with E-state index in [0.717, 1.165) is 5.82 Å². The molecule has 2 N–H and O–H groups in total. The Morgan fingerprint density at radius 2 is 1.64 bits per heavy atom. The SMILES string of the molecule is O=C(COc1ccccc1)Nc1ccc(NCc2ccccc2)nc1. The zero-order chi connectivity index (χ0) is 17.3. The van der Waals surface area contributed by atoms with Crippen LogP contribution in [-0.4, -0.2) is 17.5 Å². The van der Waals surface area contributed by atoms with Crippen molar-refractivity contribution in [2.75, 3.05) is 17.2 Å². The average Bonchev–Trinajstić information content (AvgIpc) is 2.67. The summed E-state index contributed by atoms with van der Waals surface area (Å²) in [6.07, 6.45) is 1.62. The van der Waals surface area contributed by atoms with Gasteiger partial charge in [0, 0.05) is 6.54 Å². The quantitative estimate of drug-likeness (QED) is 0.692. The van der Waals surface area contributed by atoms with Crippen molar-refractivity contribution in [3.8, 4) is 5.75 Å². The van der Waals surface area contributed by atoms with E-state index in [1.165, 1.54) is 5.56 Å². The Balaban J connectivity index is 1.46. The molecule has 0 saturated carbocycles. The van der Waals surface area contributed by atoms with Gasteiger partial charge < -0.3 is 15.4 Å². The van der Waals surface area contributed by atoms with Crippen molar-refractivity contribution < 1.29 is 9.53 Å². The van der Waals surface area contributed by atoms with Gasteiger partial charge in [-0.3, -0.25) is 4.79 Å². The van der Waals surface area contributed by atoms with E-state index in [2.05, 4.69) is 15.6 Å². The molecule has 0 atom stereocenters. The standard InChI is InChI=1S/C20H19N3O2/c24-20(15-25-18-9-5-2-6-10-18)23-17-11-12-19(22-14-17)21-13-16-7-3-1-4-8-16/h1-12,14H,13,15H2,(H,21,22)(H,23,24). The molecule has 0 bridgehead atoms. The second-order valence-electron chi connectivity index (χ2n) is 5.42. The zero-order valence-electron chi connectivity index (χ0n) is 13.7. The minimum atomic E-state index is -0.226. The highest BCUT2D eigenvalue weighted by Gasteiger charge is 2.04. The van der Waals surface area contributed by atoms with Crippen molar-refractivity contribution in [1.82, 2.24) is 4.98 Å². The van der Waals surface area contributed by atoms with E-state index < -0.39 is 0 Å². The molecule has 0 fully saturated rings.